The molecule has 1 aliphatic heterocycles. The van der Waals surface area contributed by atoms with Crippen molar-refractivity contribution in [3.63, 3.8) is 0 Å². The fourth-order valence-electron chi connectivity index (χ4n) is 2.77. The highest BCUT2D eigenvalue weighted by molar-refractivity contribution is 5.78. The topological polar surface area (TPSA) is 71.0 Å². The van der Waals surface area contributed by atoms with E-state index >= 15 is 0 Å². The van der Waals surface area contributed by atoms with Gasteiger partial charge in [0.15, 0.2) is 5.82 Å². The Balaban J connectivity index is 1.59. The van der Waals surface area contributed by atoms with E-state index in [1.165, 1.54) is 18.3 Å². The molecule has 3 rings (SSSR count). The molecule has 0 bridgehead atoms. The highest BCUT2D eigenvalue weighted by atomic mass is 19.1. The minimum absolute atomic E-state index is 0.0931. The second-order valence-corrected chi connectivity index (χ2v) is 5.63. The molecule has 1 fully saturated rings. The summed E-state index contributed by atoms with van der Waals surface area (Å²) in [5, 5.41) is 10.5. The number of aromatic nitrogens is 3. The van der Waals surface area contributed by atoms with Gasteiger partial charge in [-0.25, -0.2) is 8.78 Å². The Kier molecular flexibility index (Phi) is 4.93. The average Bonchev–Trinajstić information content (AvgIpc) is 2.97. The third kappa shape index (κ3) is 3.81. The first-order valence-electron chi connectivity index (χ1n) is 7.68. The fraction of sp³-hybridized carbons (Fsp3) is 0.375. The van der Waals surface area contributed by atoms with Gasteiger partial charge in [0, 0.05) is 25.4 Å². The summed E-state index contributed by atoms with van der Waals surface area (Å²) in [6, 6.07) is 6.00. The number of nitrogens with zero attached hydrogens (tertiary/aromatic N) is 4. The SMILES string of the molecule is O=C(Cc1ncccc1F)NC[C@@H]1C[C@H](F)CN1c1cccnn1. The fourth-order valence-corrected chi connectivity index (χ4v) is 2.77. The number of amides is 1. The number of nitrogens with one attached hydrogen (secondary N) is 1. The van der Waals surface area contributed by atoms with Gasteiger partial charge in [0.05, 0.1) is 24.7 Å². The van der Waals surface area contributed by atoms with Crippen LogP contribution in [0.4, 0.5) is 14.6 Å². The van der Waals surface area contributed by atoms with Crippen LogP contribution in [0.3, 0.4) is 0 Å². The molecule has 1 saturated heterocycles. The second kappa shape index (κ2) is 7.29. The zero-order chi connectivity index (χ0) is 16.9. The first kappa shape index (κ1) is 16.2. The van der Waals surface area contributed by atoms with Gasteiger partial charge in [-0.2, -0.15) is 5.10 Å². The van der Waals surface area contributed by atoms with Crippen molar-refractivity contribution in [2.75, 3.05) is 18.0 Å². The zero-order valence-corrected chi connectivity index (χ0v) is 12.9. The lowest BCUT2D eigenvalue weighted by Gasteiger charge is -2.24. The van der Waals surface area contributed by atoms with Crippen molar-refractivity contribution in [1.82, 2.24) is 20.5 Å². The monoisotopic (exact) mass is 333 g/mol. The lowest BCUT2D eigenvalue weighted by atomic mass is 10.2. The van der Waals surface area contributed by atoms with Crippen LogP contribution in [0.2, 0.25) is 0 Å². The number of pyridine rings is 1. The molecular formula is C16H17F2N5O. The molecule has 2 aromatic heterocycles. The number of alkyl halides is 1. The normalized spacial score (nSPS) is 20.2. The molecule has 0 aromatic carbocycles. The quantitative estimate of drug-likeness (QED) is 0.893. The van der Waals surface area contributed by atoms with E-state index in [1.54, 1.807) is 23.2 Å². The van der Waals surface area contributed by atoms with Crippen LogP contribution in [-0.4, -0.2) is 46.4 Å². The summed E-state index contributed by atoms with van der Waals surface area (Å²) in [4.78, 5) is 17.6. The first-order valence-corrected chi connectivity index (χ1v) is 7.68. The van der Waals surface area contributed by atoms with Crippen LogP contribution >= 0.6 is 0 Å². The largest absolute Gasteiger partial charge is 0.354 e. The molecule has 24 heavy (non-hydrogen) atoms. The van der Waals surface area contributed by atoms with E-state index in [-0.39, 0.29) is 37.2 Å². The number of hydrogen-bond acceptors (Lipinski definition) is 5. The summed E-state index contributed by atoms with van der Waals surface area (Å²) >= 11 is 0. The average molecular weight is 333 g/mol. The van der Waals surface area contributed by atoms with Gasteiger partial charge in [0.1, 0.15) is 12.0 Å². The van der Waals surface area contributed by atoms with Gasteiger partial charge in [-0.3, -0.25) is 9.78 Å². The number of halogens is 2. The molecule has 2 aromatic rings. The summed E-state index contributed by atoms with van der Waals surface area (Å²) in [6.07, 6.45) is 2.15. The Hall–Kier alpha value is -2.64. The molecule has 1 N–H and O–H groups in total. The highest BCUT2D eigenvalue weighted by Gasteiger charge is 2.33. The van der Waals surface area contributed by atoms with Crippen LogP contribution in [0, 0.1) is 5.82 Å². The van der Waals surface area contributed by atoms with E-state index in [1.807, 2.05) is 0 Å². The van der Waals surface area contributed by atoms with Crippen molar-refractivity contribution in [1.29, 1.82) is 0 Å². The summed E-state index contributed by atoms with van der Waals surface area (Å²) in [5.41, 5.74) is 0.0931. The van der Waals surface area contributed by atoms with Gasteiger partial charge in [0.2, 0.25) is 5.91 Å². The molecule has 0 spiro atoms. The standard InChI is InChI=1S/C16H17F2N5O/c17-11-7-12(23(10-11)15-4-2-6-21-22-15)9-20-16(24)8-14-13(18)3-1-5-19-14/h1-6,11-12H,7-10H2,(H,20,24)/t11-,12-/m0/s1. The van der Waals surface area contributed by atoms with Gasteiger partial charge >= 0.3 is 0 Å². The molecule has 0 radical (unpaired) electrons. The molecule has 1 aliphatic rings. The number of carbonyl (C=O) groups is 1. The van der Waals surface area contributed by atoms with E-state index < -0.39 is 12.0 Å². The van der Waals surface area contributed by atoms with E-state index in [9.17, 15) is 13.6 Å². The number of anilines is 1. The predicted molar refractivity (Wildman–Crippen MR) is 83.6 cm³/mol. The zero-order valence-electron chi connectivity index (χ0n) is 12.9. The van der Waals surface area contributed by atoms with Crippen molar-refractivity contribution in [2.45, 2.75) is 25.1 Å². The maximum absolute atomic E-state index is 13.8. The van der Waals surface area contributed by atoms with Gasteiger partial charge in [0.25, 0.3) is 0 Å². The Morgan fingerprint density at radius 3 is 2.92 bits per heavy atom. The molecule has 0 saturated carbocycles. The minimum atomic E-state index is -0.984. The molecule has 0 unspecified atom stereocenters. The van der Waals surface area contributed by atoms with Crippen LogP contribution in [0.1, 0.15) is 12.1 Å². The maximum atomic E-state index is 13.8. The van der Waals surface area contributed by atoms with Crippen molar-refractivity contribution in [3.8, 4) is 0 Å². The summed E-state index contributed by atoms with van der Waals surface area (Å²) in [5.74, 6) is -0.291. The first-order chi connectivity index (χ1) is 11.6. The molecule has 3 heterocycles. The minimum Gasteiger partial charge on any atom is -0.354 e. The second-order valence-electron chi connectivity index (χ2n) is 5.63. The summed E-state index contributed by atoms with van der Waals surface area (Å²) in [6.45, 7) is 0.471. The molecule has 0 aliphatic carbocycles. The van der Waals surface area contributed by atoms with Crippen LogP contribution < -0.4 is 10.2 Å². The Bertz CT molecular complexity index is 700. The predicted octanol–water partition coefficient (Wildman–Crippen LogP) is 1.29. The van der Waals surface area contributed by atoms with Gasteiger partial charge in [-0.05, 0) is 24.3 Å². The van der Waals surface area contributed by atoms with E-state index in [4.69, 9.17) is 0 Å². The van der Waals surface area contributed by atoms with Crippen LogP contribution in [0.25, 0.3) is 0 Å². The van der Waals surface area contributed by atoms with Gasteiger partial charge in [-0.15, -0.1) is 5.10 Å². The highest BCUT2D eigenvalue weighted by Crippen LogP contribution is 2.24. The van der Waals surface area contributed by atoms with Crippen molar-refractivity contribution < 1.29 is 13.6 Å². The Morgan fingerprint density at radius 2 is 2.17 bits per heavy atom. The lowest BCUT2D eigenvalue weighted by molar-refractivity contribution is -0.120. The van der Waals surface area contributed by atoms with Crippen LogP contribution in [0.15, 0.2) is 36.7 Å². The van der Waals surface area contributed by atoms with Gasteiger partial charge < -0.3 is 10.2 Å². The van der Waals surface area contributed by atoms with Crippen LogP contribution in [0.5, 0.6) is 0 Å². The summed E-state index contributed by atoms with van der Waals surface area (Å²) < 4.78 is 27.3. The van der Waals surface area contributed by atoms with Crippen molar-refractivity contribution in [3.05, 3.63) is 48.2 Å². The molecule has 1 amide bonds. The van der Waals surface area contributed by atoms with Gasteiger partial charge in [-0.1, -0.05) is 0 Å². The number of hydrogen-bond donors (Lipinski definition) is 1. The Labute approximate surface area is 137 Å². The number of carbonyl (C=O) groups excluding carboxylic acids is 1. The smallest absolute Gasteiger partial charge is 0.226 e. The summed E-state index contributed by atoms with van der Waals surface area (Å²) in [7, 11) is 0. The molecular weight excluding hydrogens is 316 g/mol. The van der Waals surface area contributed by atoms with Crippen molar-refractivity contribution >= 4 is 11.7 Å². The molecule has 6 nitrogen and oxygen atoms in total. The van der Waals surface area contributed by atoms with E-state index in [0.29, 0.717) is 12.2 Å². The van der Waals surface area contributed by atoms with E-state index in [0.717, 1.165) is 0 Å². The molecule has 8 heteroatoms. The Morgan fingerprint density at radius 1 is 1.33 bits per heavy atom. The van der Waals surface area contributed by atoms with Crippen LogP contribution in [-0.2, 0) is 11.2 Å². The van der Waals surface area contributed by atoms with E-state index in [2.05, 4.69) is 20.5 Å². The maximum Gasteiger partial charge on any atom is 0.226 e. The number of rotatable bonds is 5. The molecule has 2 atom stereocenters. The third-order valence-electron chi connectivity index (χ3n) is 3.91. The lowest BCUT2D eigenvalue weighted by Crippen LogP contribution is -2.41. The van der Waals surface area contributed by atoms with Crippen molar-refractivity contribution in [2.24, 2.45) is 0 Å². The molecule has 126 valence electrons. The third-order valence-corrected chi connectivity index (χ3v) is 3.91.